The van der Waals surface area contributed by atoms with E-state index < -0.39 is 6.10 Å². The molecule has 0 bridgehead atoms. The third kappa shape index (κ3) is 21.3. The van der Waals surface area contributed by atoms with Gasteiger partial charge in [-0.15, -0.1) is 0 Å². The van der Waals surface area contributed by atoms with Crippen LogP contribution < -0.4 is 0 Å². The Morgan fingerprint density at radius 2 is 1.50 bits per heavy atom. The Balaban J connectivity index is -0.000000579. The predicted octanol–water partition coefficient (Wildman–Crippen LogP) is 8.63. The van der Waals surface area contributed by atoms with Crippen LogP contribution in [-0.4, -0.2) is 54.3 Å². The maximum Gasteiger partial charge on any atom is 0.0949 e. The summed E-state index contributed by atoms with van der Waals surface area (Å²) >= 11 is 0. The van der Waals surface area contributed by atoms with Crippen molar-refractivity contribution in [1.29, 1.82) is 0 Å². The molecule has 1 aliphatic rings. The first-order valence-electron chi connectivity index (χ1n) is 14.1. The van der Waals surface area contributed by atoms with Gasteiger partial charge in [-0.05, 0) is 66.5 Å². The molecular formula is C31H61N3O2. The summed E-state index contributed by atoms with van der Waals surface area (Å²) in [5.74, 6) is 1.27. The number of likely N-dealkylation sites (tertiary alicyclic amines) is 1. The number of hydrogen-bond acceptors (Lipinski definition) is 5. The number of aliphatic hydroxyl groups is 1. The zero-order chi connectivity index (χ0) is 29.1. The number of piperidine rings is 1. The summed E-state index contributed by atoms with van der Waals surface area (Å²) in [6.45, 7) is 36.7. The van der Waals surface area contributed by atoms with Crippen LogP contribution in [0, 0.1) is 5.92 Å². The van der Waals surface area contributed by atoms with Crippen molar-refractivity contribution >= 4 is 11.9 Å². The molecule has 1 fully saturated rings. The minimum Gasteiger partial charge on any atom is -0.498 e. The van der Waals surface area contributed by atoms with Crippen LogP contribution in [0.2, 0.25) is 0 Å². The summed E-state index contributed by atoms with van der Waals surface area (Å²) in [6.07, 6.45) is 7.24. The van der Waals surface area contributed by atoms with Gasteiger partial charge in [0.2, 0.25) is 0 Å². The zero-order valence-corrected chi connectivity index (χ0v) is 26.2. The quantitative estimate of drug-likeness (QED) is 0.183. The molecule has 1 rings (SSSR count). The average molecular weight is 508 g/mol. The number of rotatable bonds is 10. The lowest BCUT2D eigenvalue weighted by molar-refractivity contribution is 0.119. The second-order valence-electron chi connectivity index (χ2n) is 7.36. The molecule has 0 aromatic heterocycles. The van der Waals surface area contributed by atoms with Crippen LogP contribution in [0.5, 0.6) is 0 Å². The molecule has 212 valence electrons. The van der Waals surface area contributed by atoms with Crippen molar-refractivity contribution in [1.82, 2.24) is 4.90 Å². The summed E-state index contributed by atoms with van der Waals surface area (Å²) in [5, 5.41) is 10.6. The van der Waals surface area contributed by atoms with Crippen molar-refractivity contribution in [2.75, 3.05) is 26.2 Å². The number of hydrogen-bond donors (Lipinski definition) is 1. The number of allylic oxidation sites excluding steroid dienone is 3. The minimum atomic E-state index is -0.572. The fraction of sp³-hybridized carbons (Fsp3) is 0.677. The summed E-state index contributed by atoms with van der Waals surface area (Å²) < 4.78 is 5.40. The first-order valence-corrected chi connectivity index (χ1v) is 14.1. The lowest BCUT2D eigenvalue weighted by Gasteiger charge is -2.32. The van der Waals surface area contributed by atoms with Gasteiger partial charge in [-0.2, -0.15) is 0 Å². The number of nitrogens with zero attached hydrogens (tertiary/aromatic N) is 3. The SMILES string of the molecule is C=C(/C=C(\C)OCC)N=CC1CCN(CC(O)/C(=C/C)C(=C)N=C(C)C)CC1.CC.CC.CC.CC. The number of β-amino-alcohol motifs (C(OH)–C–C–N with tert-alkyl or cyclic N) is 1. The molecule has 36 heavy (non-hydrogen) atoms. The number of aliphatic imine (C=N–C) groups is 2. The van der Waals surface area contributed by atoms with Crippen LogP contribution in [0.3, 0.4) is 0 Å². The van der Waals surface area contributed by atoms with Gasteiger partial charge in [-0.3, -0.25) is 9.98 Å². The van der Waals surface area contributed by atoms with Gasteiger partial charge >= 0.3 is 0 Å². The summed E-state index contributed by atoms with van der Waals surface area (Å²) in [5.41, 5.74) is 3.10. The van der Waals surface area contributed by atoms with Crippen LogP contribution in [-0.2, 0) is 4.74 Å². The largest absolute Gasteiger partial charge is 0.498 e. The molecule has 0 radical (unpaired) electrons. The molecule has 1 atom stereocenters. The van der Waals surface area contributed by atoms with E-state index in [0.29, 0.717) is 30.5 Å². The van der Waals surface area contributed by atoms with Gasteiger partial charge in [0.05, 0.1) is 29.9 Å². The zero-order valence-electron chi connectivity index (χ0n) is 26.2. The van der Waals surface area contributed by atoms with E-state index >= 15 is 0 Å². The van der Waals surface area contributed by atoms with E-state index in [-0.39, 0.29) is 0 Å². The highest BCUT2D eigenvalue weighted by atomic mass is 16.5. The maximum absolute atomic E-state index is 10.6. The average Bonchev–Trinajstić information content (AvgIpc) is 2.88. The predicted molar refractivity (Wildman–Crippen MR) is 165 cm³/mol. The van der Waals surface area contributed by atoms with E-state index in [1.165, 1.54) is 0 Å². The molecule has 0 aromatic carbocycles. The number of aliphatic hydroxyl groups excluding tert-OH is 1. The summed E-state index contributed by atoms with van der Waals surface area (Å²) in [7, 11) is 0. The van der Waals surface area contributed by atoms with Gasteiger partial charge in [0, 0.05) is 30.1 Å². The van der Waals surface area contributed by atoms with Crippen molar-refractivity contribution < 1.29 is 9.84 Å². The molecule has 0 amide bonds. The molecule has 0 aliphatic carbocycles. The molecule has 0 aromatic rings. The lowest BCUT2D eigenvalue weighted by atomic mass is 9.97. The third-order valence-electron chi connectivity index (χ3n) is 4.62. The van der Waals surface area contributed by atoms with Gasteiger partial charge in [-0.1, -0.05) is 74.6 Å². The molecule has 1 N–H and O–H groups in total. The van der Waals surface area contributed by atoms with Crippen molar-refractivity contribution in [3.63, 3.8) is 0 Å². The second-order valence-corrected chi connectivity index (χ2v) is 7.36. The molecule has 1 aliphatic heterocycles. The van der Waals surface area contributed by atoms with Crippen LogP contribution in [0.15, 0.2) is 58.0 Å². The minimum absolute atomic E-state index is 0.439. The Kier molecular flexibility index (Phi) is 33.4. The van der Waals surface area contributed by atoms with Gasteiger partial charge in [0.15, 0.2) is 0 Å². The molecule has 1 heterocycles. The molecule has 5 heteroatoms. The highest BCUT2D eigenvalue weighted by Crippen LogP contribution is 2.20. The molecule has 0 spiro atoms. The summed E-state index contributed by atoms with van der Waals surface area (Å²) in [6, 6.07) is 0. The van der Waals surface area contributed by atoms with Crippen LogP contribution >= 0.6 is 0 Å². The molecule has 1 saturated heterocycles. The van der Waals surface area contributed by atoms with Crippen LogP contribution in [0.4, 0.5) is 0 Å². The Bertz CT molecular complexity index is 649. The summed E-state index contributed by atoms with van der Waals surface area (Å²) in [4.78, 5) is 11.1. The van der Waals surface area contributed by atoms with Crippen LogP contribution in [0.1, 0.15) is 103 Å². The molecule has 1 unspecified atom stereocenters. The fourth-order valence-corrected chi connectivity index (χ4v) is 3.26. The van der Waals surface area contributed by atoms with Gasteiger partial charge in [0.1, 0.15) is 0 Å². The van der Waals surface area contributed by atoms with Gasteiger partial charge < -0.3 is 14.7 Å². The Morgan fingerprint density at radius 3 is 1.92 bits per heavy atom. The van der Waals surface area contributed by atoms with E-state index in [2.05, 4.69) is 28.0 Å². The Hall–Kier alpha value is -1.98. The smallest absolute Gasteiger partial charge is 0.0949 e. The van der Waals surface area contributed by atoms with Crippen LogP contribution in [0.25, 0.3) is 0 Å². The highest BCUT2D eigenvalue weighted by Gasteiger charge is 2.22. The fourth-order valence-electron chi connectivity index (χ4n) is 3.26. The standard InChI is InChI=1S/C23H37N3O2.4C2H6/c1-8-22(20(7)25-17(3)4)23(27)16-26-12-10-21(11-13-26)15-24-18(5)14-19(6)28-9-2;4*1-2/h8,14-15,21,23,27H,5,7,9-13,16H2,1-4,6H3;4*1-2H3/b19-14+,22-8+,24-15?;;;;. The molecule has 5 nitrogen and oxygen atoms in total. The van der Waals surface area contributed by atoms with Crippen molar-refractivity contribution in [2.45, 2.75) is 109 Å². The first kappa shape index (κ1) is 41.2. The van der Waals surface area contributed by atoms with E-state index in [9.17, 15) is 5.11 Å². The number of ether oxygens (including phenoxy) is 1. The molecule has 0 saturated carbocycles. The Morgan fingerprint density at radius 1 is 1.00 bits per heavy atom. The second kappa shape index (κ2) is 29.3. The Labute approximate surface area is 225 Å². The van der Waals surface area contributed by atoms with E-state index in [4.69, 9.17) is 4.74 Å². The van der Waals surface area contributed by atoms with Crippen molar-refractivity contribution in [3.8, 4) is 0 Å². The third-order valence-corrected chi connectivity index (χ3v) is 4.62. The van der Waals surface area contributed by atoms with Crippen molar-refractivity contribution in [2.24, 2.45) is 15.9 Å². The topological polar surface area (TPSA) is 57.4 Å². The van der Waals surface area contributed by atoms with Gasteiger partial charge in [0.25, 0.3) is 0 Å². The molecular weight excluding hydrogens is 446 g/mol. The van der Waals surface area contributed by atoms with Gasteiger partial charge in [-0.25, -0.2) is 0 Å². The normalized spacial score (nSPS) is 14.8. The highest BCUT2D eigenvalue weighted by molar-refractivity contribution is 5.80. The van der Waals surface area contributed by atoms with E-state index in [1.54, 1.807) is 0 Å². The van der Waals surface area contributed by atoms with Crippen molar-refractivity contribution in [3.05, 3.63) is 48.0 Å². The van der Waals surface area contributed by atoms with E-state index in [1.807, 2.05) is 108 Å². The monoisotopic (exact) mass is 507 g/mol. The first-order chi connectivity index (χ1) is 17.3. The maximum atomic E-state index is 10.6. The van der Waals surface area contributed by atoms with E-state index in [0.717, 1.165) is 43.0 Å². The lowest BCUT2D eigenvalue weighted by Crippen LogP contribution is -2.39.